The first-order valence-corrected chi connectivity index (χ1v) is 13.8. The van der Waals surface area contributed by atoms with Crippen molar-refractivity contribution in [3.63, 3.8) is 0 Å². The number of amides is 2. The van der Waals surface area contributed by atoms with E-state index in [0.29, 0.717) is 17.1 Å². The Hall–Kier alpha value is -3.36. The molecule has 0 spiro atoms. The van der Waals surface area contributed by atoms with E-state index >= 15 is 0 Å². The Labute approximate surface area is 224 Å². The minimum Gasteiger partial charge on any atom is -0.357 e. The molecule has 3 rings (SSSR count). The molecule has 3 aromatic carbocycles. The zero-order valence-electron chi connectivity index (χ0n) is 21.4. The molecule has 1 N–H and O–H groups in total. The second kappa shape index (κ2) is 12.3. The van der Waals surface area contributed by atoms with E-state index in [1.165, 1.54) is 24.1 Å². The minimum atomic E-state index is -4.09. The number of carbonyl (C=O) groups excluding carboxylic acids is 2. The molecule has 0 saturated heterocycles. The highest BCUT2D eigenvalue weighted by Crippen LogP contribution is 2.28. The minimum absolute atomic E-state index is 0.0744. The lowest BCUT2D eigenvalue weighted by Crippen LogP contribution is -2.51. The van der Waals surface area contributed by atoms with Crippen LogP contribution >= 0.6 is 11.6 Å². The molecule has 0 fully saturated rings. The second-order valence-electron chi connectivity index (χ2n) is 8.80. The Balaban J connectivity index is 2.08. The average molecular weight is 542 g/mol. The number of rotatable bonds is 10. The first-order valence-electron chi connectivity index (χ1n) is 12.0. The molecule has 0 saturated carbocycles. The van der Waals surface area contributed by atoms with Gasteiger partial charge >= 0.3 is 0 Å². The molecule has 1 unspecified atom stereocenters. The third kappa shape index (κ3) is 6.70. The number of nitrogens with zero attached hydrogens (tertiary/aromatic N) is 2. The van der Waals surface area contributed by atoms with Gasteiger partial charge in [-0.3, -0.25) is 13.9 Å². The van der Waals surface area contributed by atoms with Gasteiger partial charge in [0.05, 0.1) is 10.6 Å². The lowest BCUT2D eigenvalue weighted by atomic mass is 10.1. The highest BCUT2D eigenvalue weighted by Gasteiger charge is 2.33. The molecule has 0 aromatic heterocycles. The van der Waals surface area contributed by atoms with Crippen LogP contribution in [0.2, 0.25) is 5.02 Å². The van der Waals surface area contributed by atoms with Crippen molar-refractivity contribution in [1.82, 2.24) is 10.2 Å². The highest BCUT2D eigenvalue weighted by molar-refractivity contribution is 7.92. The standard InChI is InChI=1S/C28H32ClN3O4S/c1-5-25(28(34)30-4)31(18-22-12-14-23(29)15-13-22)27(33)19-32(26-16-11-20(2)17-21(26)3)37(35,36)24-9-7-6-8-10-24/h6-17,25H,5,18-19H2,1-4H3,(H,30,34). The van der Waals surface area contributed by atoms with Crippen LogP contribution in [0.1, 0.15) is 30.0 Å². The maximum Gasteiger partial charge on any atom is 0.264 e. The van der Waals surface area contributed by atoms with E-state index in [2.05, 4.69) is 5.32 Å². The van der Waals surface area contributed by atoms with Crippen molar-refractivity contribution < 1.29 is 18.0 Å². The van der Waals surface area contributed by atoms with Gasteiger partial charge in [0.1, 0.15) is 12.6 Å². The Bertz CT molecular complexity index is 1350. The van der Waals surface area contributed by atoms with Crippen molar-refractivity contribution in [2.24, 2.45) is 0 Å². The molecule has 0 heterocycles. The molecule has 3 aromatic rings. The Morgan fingerprint density at radius 3 is 2.19 bits per heavy atom. The van der Waals surface area contributed by atoms with Crippen LogP contribution in [0.5, 0.6) is 0 Å². The van der Waals surface area contributed by atoms with Crippen LogP contribution in [-0.2, 0) is 26.2 Å². The number of hydrogen-bond acceptors (Lipinski definition) is 4. The van der Waals surface area contributed by atoms with Crippen LogP contribution in [0, 0.1) is 13.8 Å². The summed E-state index contributed by atoms with van der Waals surface area (Å²) in [6.45, 7) is 5.19. The van der Waals surface area contributed by atoms with Gasteiger partial charge in [0.15, 0.2) is 0 Å². The Morgan fingerprint density at radius 2 is 1.62 bits per heavy atom. The number of benzene rings is 3. The van der Waals surface area contributed by atoms with Gasteiger partial charge in [-0.25, -0.2) is 8.42 Å². The largest absolute Gasteiger partial charge is 0.357 e. The summed E-state index contributed by atoms with van der Waals surface area (Å²) in [7, 11) is -2.58. The lowest BCUT2D eigenvalue weighted by Gasteiger charge is -2.33. The summed E-state index contributed by atoms with van der Waals surface area (Å²) in [5.41, 5.74) is 2.86. The van der Waals surface area contributed by atoms with Gasteiger partial charge in [-0.1, -0.05) is 66.6 Å². The zero-order chi connectivity index (χ0) is 27.2. The van der Waals surface area contributed by atoms with Crippen molar-refractivity contribution in [3.05, 3.63) is 94.5 Å². The zero-order valence-corrected chi connectivity index (χ0v) is 23.0. The summed E-state index contributed by atoms with van der Waals surface area (Å²) < 4.78 is 28.8. The Morgan fingerprint density at radius 1 is 0.973 bits per heavy atom. The van der Waals surface area contributed by atoms with Crippen LogP contribution in [-0.4, -0.2) is 44.8 Å². The molecule has 37 heavy (non-hydrogen) atoms. The summed E-state index contributed by atoms with van der Waals surface area (Å²) in [6, 6.07) is 19.6. The van der Waals surface area contributed by atoms with E-state index in [1.807, 2.05) is 32.9 Å². The number of sulfonamides is 1. The van der Waals surface area contributed by atoms with Crippen LogP contribution in [0.25, 0.3) is 0 Å². The topological polar surface area (TPSA) is 86.8 Å². The summed E-state index contributed by atoms with van der Waals surface area (Å²) in [5.74, 6) is -0.821. The number of aryl methyl sites for hydroxylation is 2. The van der Waals surface area contributed by atoms with Gasteiger partial charge in [-0.15, -0.1) is 0 Å². The van der Waals surface area contributed by atoms with Gasteiger partial charge in [0.2, 0.25) is 11.8 Å². The molecular weight excluding hydrogens is 510 g/mol. The molecule has 0 radical (unpaired) electrons. The van der Waals surface area contributed by atoms with Gasteiger partial charge in [0.25, 0.3) is 10.0 Å². The van der Waals surface area contributed by atoms with Gasteiger partial charge in [-0.05, 0) is 61.7 Å². The first-order chi connectivity index (χ1) is 17.6. The molecule has 0 bridgehead atoms. The van der Waals surface area contributed by atoms with E-state index in [4.69, 9.17) is 11.6 Å². The summed E-state index contributed by atoms with van der Waals surface area (Å²) in [5, 5.41) is 3.17. The fraction of sp³-hybridized carbons (Fsp3) is 0.286. The van der Waals surface area contributed by atoms with Gasteiger partial charge < -0.3 is 10.2 Å². The molecular formula is C28H32ClN3O4S. The van der Waals surface area contributed by atoms with Crippen LogP contribution in [0.4, 0.5) is 5.69 Å². The van der Waals surface area contributed by atoms with Crippen molar-refractivity contribution in [2.45, 2.75) is 44.7 Å². The van der Waals surface area contributed by atoms with E-state index in [9.17, 15) is 18.0 Å². The first kappa shape index (κ1) is 28.2. The quantitative estimate of drug-likeness (QED) is 0.403. The maximum absolute atomic E-state index is 13.9. The van der Waals surface area contributed by atoms with Crippen molar-refractivity contribution in [2.75, 3.05) is 17.9 Å². The van der Waals surface area contributed by atoms with Crippen LogP contribution in [0.15, 0.2) is 77.7 Å². The number of hydrogen-bond donors (Lipinski definition) is 1. The predicted octanol–water partition coefficient (Wildman–Crippen LogP) is 4.71. The van der Waals surface area contributed by atoms with Gasteiger partial charge in [-0.2, -0.15) is 0 Å². The number of anilines is 1. The molecule has 0 aliphatic rings. The summed E-state index contributed by atoms with van der Waals surface area (Å²) >= 11 is 6.03. The Kier molecular flexibility index (Phi) is 9.34. The lowest BCUT2D eigenvalue weighted by molar-refractivity contribution is -0.140. The normalized spacial score (nSPS) is 12.0. The molecule has 0 aliphatic heterocycles. The van der Waals surface area contributed by atoms with Crippen molar-refractivity contribution in [3.8, 4) is 0 Å². The monoisotopic (exact) mass is 541 g/mol. The fourth-order valence-corrected chi connectivity index (χ4v) is 5.82. The van der Waals surface area contributed by atoms with Crippen molar-refractivity contribution >= 4 is 39.1 Å². The summed E-state index contributed by atoms with van der Waals surface area (Å²) in [4.78, 5) is 28.1. The smallest absolute Gasteiger partial charge is 0.264 e. The summed E-state index contributed by atoms with van der Waals surface area (Å²) in [6.07, 6.45) is 0.355. The molecule has 9 heteroatoms. The SMILES string of the molecule is CCC(C(=O)NC)N(Cc1ccc(Cl)cc1)C(=O)CN(c1ccc(C)cc1C)S(=O)(=O)c1ccccc1. The van der Waals surface area contributed by atoms with E-state index in [-0.39, 0.29) is 17.3 Å². The maximum atomic E-state index is 13.9. The molecule has 0 aliphatic carbocycles. The van der Waals surface area contributed by atoms with E-state index in [1.54, 1.807) is 48.5 Å². The third-order valence-corrected chi connectivity index (χ3v) is 8.16. The number of carbonyl (C=O) groups is 2. The van der Waals surface area contributed by atoms with Crippen molar-refractivity contribution in [1.29, 1.82) is 0 Å². The molecule has 7 nitrogen and oxygen atoms in total. The van der Waals surface area contributed by atoms with Gasteiger partial charge in [0, 0.05) is 18.6 Å². The molecule has 2 amide bonds. The predicted molar refractivity (Wildman–Crippen MR) is 147 cm³/mol. The number of likely N-dealkylation sites (N-methyl/N-ethyl adjacent to an activating group) is 1. The van der Waals surface area contributed by atoms with Crippen LogP contribution in [0.3, 0.4) is 0 Å². The van der Waals surface area contributed by atoms with E-state index in [0.717, 1.165) is 21.0 Å². The molecule has 1 atom stereocenters. The van der Waals surface area contributed by atoms with E-state index < -0.39 is 28.5 Å². The second-order valence-corrected chi connectivity index (χ2v) is 11.1. The number of halogens is 1. The number of nitrogens with one attached hydrogen (secondary N) is 1. The fourth-order valence-electron chi connectivity index (χ4n) is 4.19. The highest BCUT2D eigenvalue weighted by atomic mass is 35.5. The average Bonchev–Trinajstić information content (AvgIpc) is 2.88. The molecule has 196 valence electrons. The third-order valence-electron chi connectivity index (χ3n) is 6.13. The van der Waals surface area contributed by atoms with Crippen LogP contribution < -0.4 is 9.62 Å².